The molecule has 0 N–H and O–H groups in total. The van der Waals surface area contributed by atoms with Gasteiger partial charge in [0.05, 0.1) is 5.75 Å². The van der Waals surface area contributed by atoms with Crippen molar-refractivity contribution in [3.8, 4) is 0 Å². The summed E-state index contributed by atoms with van der Waals surface area (Å²) < 4.78 is 5.63. The second-order valence-electron chi connectivity index (χ2n) is 4.08. The van der Waals surface area contributed by atoms with Gasteiger partial charge in [-0.3, -0.25) is 4.79 Å². The number of fused-ring (bicyclic) bond motifs is 1. The standard InChI is InChI=1S/C14H16O2S/c1-3-7-17-9-12(15)13-8-11-6-4-5-10(2)14(11)16-13/h4-6,8H,3,7,9H2,1-2H3. The van der Waals surface area contributed by atoms with E-state index in [-0.39, 0.29) is 5.78 Å². The van der Waals surface area contributed by atoms with Crippen molar-refractivity contribution in [2.45, 2.75) is 20.3 Å². The predicted octanol–water partition coefficient (Wildman–Crippen LogP) is 4.07. The van der Waals surface area contributed by atoms with E-state index in [4.69, 9.17) is 4.42 Å². The number of hydrogen-bond acceptors (Lipinski definition) is 3. The number of benzene rings is 1. The summed E-state index contributed by atoms with van der Waals surface area (Å²) in [5.74, 6) is 2.09. The molecule has 3 heteroatoms. The lowest BCUT2D eigenvalue weighted by atomic mass is 10.2. The Morgan fingerprint density at radius 2 is 2.24 bits per heavy atom. The van der Waals surface area contributed by atoms with E-state index in [2.05, 4.69) is 6.92 Å². The normalized spacial score (nSPS) is 10.9. The summed E-state index contributed by atoms with van der Waals surface area (Å²) in [6, 6.07) is 7.79. The zero-order valence-electron chi connectivity index (χ0n) is 10.2. The van der Waals surface area contributed by atoms with Gasteiger partial charge in [0.1, 0.15) is 5.58 Å². The third kappa shape index (κ3) is 2.72. The van der Waals surface area contributed by atoms with Gasteiger partial charge in [-0.1, -0.05) is 25.1 Å². The van der Waals surface area contributed by atoms with E-state index in [0.717, 1.165) is 28.7 Å². The van der Waals surface area contributed by atoms with Gasteiger partial charge in [0.25, 0.3) is 0 Å². The van der Waals surface area contributed by atoms with Gasteiger partial charge in [0.15, 0.2) is 5.76 Å². The lowest BCUT2D eigenvalue weighted by Crippen LogP contribution is -2.00. The van der Waals surface area contributed by atoms with Gasteiger partial charge in [-0.05, 0) is 30.7 Å². The largest absolute Gasteiger partial charge is 0.453 e. The van der Waals surface area contributed by atoms with Crippen molar-refractivity contribution >= 4 is 28.5 Å². The Morgan fingerprint density at radius 3 is 2.94 bits per heavy atom. The van der Waals surface area contributed by atoms with E-state index in [1.165, 1.54) is 0 Å². The molecule has 0 aliphatic carbocycles. The van der Waals surface area contributed by atoms with Crippen LogP contribution in [0.25, 0.3) is 11.0 Å². The number of carbonyl (C=O) groups is 1. The molecule has 0 saturated carbocycles. The zero-order valence-corrected chi connectivity index (χ0v) is 11.0. The number of hydrogen-bond donors (Lipinski definition) is 0. The molecule has 0 bridgehead atoms. The molecule has 0 aliphatic heterocycles. The first-order valence-corrected chi connectivity index (χ1v) is 6.98. The fourth-order valence-electron chi connectivity index (χ4n) is 1.73. The zero-order chi connectivity index (χ0) is 12.3. The highest BCUT2D eigenvalue weighted by Gasteiger charge is 2.12. The monoisotopic (exact) mass is 248 g/mol. The number of para-hydroxylation sites is 1. The highest BCUT2D eigenvalue weighted by Crippen LogP contribution is 2.23. The molecule has 0 radical (unpaired) electrons. The van der Waals surface area contributed by atoms with Crippen molar-refractivity contribution in [3.63, 3.8) is 0 Å². The summed E-state index contributed by atoms with van der Waals surface area (Å²) in [6.07, 6.45) is 1.09. The topological polar surface area (TPSA) is 30.2 Å². The predicted molar refractivity (Wildman–Crippen MR) is 72.9 cm³/mol. The molecular weight excluding hydrogens is 232 g/mol. The summed E-state index contributed by atoms with van der Waals surface area (Å²) in [6.45, 7) is 4.11. The van der Waals surface area contributed by atoms with Gasteiger partial charge in [0, 0.05) is 5.39 Å². The van der Waals surface area contributed by atoms with Crippen LogP contribution in [0.5, 0.6) is 0 Å². The highest BCUT2D eigenvalue weighted by molar-refractivity contribution is 7.99. The molecule has 1 aromatic carbocycles. The van der Waals surface area contributed by atoms with Gasteiger partial charge in [-0.2, -0.15) is 11.8 Å². The maximum absolute atomic E-state index is 11.9. The van der Waals surface area contributed by atoms with Crippen LogP contribution in [-0.2, 0) is 0 Å². The molecule has 2 rings (SSSR count). The summed E-state index contributed by atoms with van der Waals surface area (Å²) in [4.78, 5) is 11.9. The molecule has 0 aliphatic rings. The number of furan rings is 1. The first-order chi connectivity index (χ1) is 8.22. The van der Waals surface area contributed by atoms with E-state index >= 15 is 0 Å². The van der Waals surface area contributed by atoms with Crippen LogP contribution < -0.4 is 0 Å². The molecule has 90 valence electrons. The quantitative estimate of drug-likeness (QED) is 0.590. The van der Waals surface area contributed by atoms with E-state index in [0.29, 0.717) is 11.5 Å². The number of Topliss-reactive ketones (excluding diaryl/α,β-unsaturated/α-hetero) is 1. The third-order valence-electron chi connectivity index (χ3n) is 2.60. The Balaban J connectivity index is 2.19. The maximum Gasteiger partial charge on any atom is 0.207 e. The molecule has 2 nitrogen and oxygen atoms in total. The molecule has 0 atom stereocenters. The second kappa shape index (κ2) is 5.41. The molecule has 1 aromatic heterocycles. The fourth-order valence-corrected chi connectivity index (χ4v) is 2.49. The van der Waals surface area contributed by atoms with Crippen molar-refractivity contribution in [1.29, 1.82) is 0 Å². The molecule has 0 unspecified atom stereocenters. The first kappa shape index (κ1) is 12.2. The second-order valence-corrected chi connectivity index (χ2v) is 5.18. The number of ketones is 1. The SMILES string of the molecule is CCCSCC(=O)c1cc2cccc(C)c2o1. The van der Waals surface area contributed by atoms with Gasteiger partial charge < -0.3 is 4.42 Å². The van der Waals surface area contributed by atoms with Crippen molar-refractivity contribution in [2.24, 2.45) is 0 Å². The van der Waals surface area contributed by atoms with Gasteiger partial charge >= 0.3 is 0 Å². The molecule has 1 heterocycles. The van der Waals surface area contributed by atoms with Gasteiger partial charge in [-0.15, -0.1) is 0 Å². The lowest BCUT2D eigenvalue weighted by Gasteiger charge is -1.96. The fraction of sp³-hybridized carbons (Fsp3) is 0.357. The van der Waals surface area contributed by atoms with E-state index in [1.807, 2.05) is 31.2 Å². The highest BCUT2D eigenvalue weighted by atomic mass is 32.2. The van der Waals surface area contributed by atoms with Crippen LogP contribution in [0.2, 0.25) is 0 Å². The molecular formula is C14H16O2S. The Bertz CT molecular complexity index is 528. The van der Waals surface area contributed by atoms with Crippen LogP contribution in [0, 0.1) is 6.92 Å². The average molecular weight is 248 g/mol. The van der Waals surface area contributed by atoms with Gasteiger partial charge in [0.2, 0.25) is 5.78 Å². The summed E-state index contributed by atoms with van der Waals surface area (Å²) in [5.41, 5.74) is 1.90. The number of thioether (sulfide) groups is 1. The summed E-state index contributed by atoms with van der Waals surface area (Å²) >= 11 is 1.66. The summed E-state index contributed by atoms with van der Waals surface area (Å²) in [5, 5.41) is 1.01. The van der Waals surface area contributed by atoms with Crippen LogP contribution in [0.1, 0.15) is 29.5 Å². The van der Waals surface area contributed by atoms with Crippen LogP contribution >= 0.6 is 11.8 Å². The third-order valence-corrected chi connectivity index (χ3v) is 3.76. The van der Waals surface area contributed by atoms with Crippen molar-refractivity contribution in [1.82, 2.24) is 0 Å². The Hall–Kier alpha value is -1.22. The molecule has 0 saturated heterocycles. The minimum Gasteiger partial charge on any atom is -0.453 e. The van der Waals surface area contributed by atoms with Crippen molar-refractivity contribution < 1.29 is 9.21 Å². The van der Waals surface area contributed by atoms with Crippen LogP contribution in [0.4, 0.5) is 0 Å². The van der Waals surface area contributed by atoms with E-state index in [1.54, 1.807) is 11.8 Å². The lowest BCUT2D eigenvalue weighted by molar-refractivity contribution is 0.0994. The van der Waals surface area contributed by atoms with Gasteiger partial charge in [-0.25, -0.2) is 0 Å². The average Bonchev–Trinajstić information content (AvgIpc) is 2.75. The van der Waals surface area contributed by atoms with Crippen LogP contribution in [0.15, 0.2) is 28.7 Å². The van der Waals surface area contributed by atoms with Crippen molar-refractivity contribution in [3.05, 3.63) is 35.6 Å². The smallest absolute Gasteiger partial charge is 0.207 e. The molecule has 0 spiro atoms. The first-order valence-electron chi connectivity index (χ1n) is 5.82. The van der Waals surface area contributed by atoms with Crippen LogP contribution in [-0.4, -0.2) is 17.3 Å². The Labute approximate surface area is 105 Å². The molecule has 2 aromatic rings. The maximum atomic E-state index is 11.9. The molecule has 0 fully saturated rings. The van der Waals surface area contributed by atoms with Crippen molar-refractivity contribution in [2.75, 3.05) is 11.5 Å². The number of rotatable bonds is 5. The number of carbonyl (C=O) groups excluding carboxylic acids is 1. The minimum absolute atomic E-state index is 0.0825. The summed E-state index contributed by atoms with van der Waals surface area (Å²) in [7, 11) is 0. The Kier molecular flexibility index (Phi) is 3.89. The minimum atomic E-state index is 0.0825. The number of aryl methyl sites for hydroxylation is 1. The Morgan fingerprint density at radius 1 is 1.41 bits per heavy atom. The van der Waals surface area contributed by atoms with E-state index in [9.17, 15) is 4.79 Å². The molecule has 17 heavy (non-hydrogen) atoms. The van der Waals surface area contributed by atoms with E-state index < -0.39 is 0 Å². The van der Waals surface area contributed by atoms with Crippen LogP contribution in [0.3, 0.4) is 0 Å². The molecule has 0 amide bonds.